The molecule has 2 rings (SSSR count). The fraction of sp³-hybridized carbons (Fsp3) is 0.0769. The number of rotatable bonds is 2. The van der Waals surface area contributed by atoms with E-state index in [2.05, 4.69) is 4.98 Å². The van der Waals surface area contributed by atoms with Crippen molar-refractivity contribution < 1.29 is 14.3 Å². The molecule has 1 heterocycles. The summed E-state index contributed by atoms with van der Waals surface area (Å²) in [6, 6.07) is 7.48. The van der Waals surface area contributed by atoms with E-state index in [9.17, 15) is 9.18 Å². The van der Waals surface area contributed by atoms with Gasteiger partial charge in [0.1, 0.15) is 5.82 Å². The van der Waals surface area contributed by atoms with E-state index in [1.165, 1.54) is 18.2 Å². The highest BCUT2D eigenvalue weighted by Gasteiger charge is 2.13. The Morgan fingerprint density at radius 1 is 1.33 bits per heavy atom. The molecule has 0 amide bonds. The summed E-state index contributed by atoms with van der Waals surface area (Å²) >= 11 is 0. The van der Waals surface area contributed by atoms with Crippen LogP contribution in [0.15, 0.2) is 30.3 Å². The minimum Gasteiger partial charge on any atom is -0.476 e. The molecule has 4 nitrogen and oxygen atoms in total. The maximum atomic E-state index is 13.7. The van der Waals surface area contributed by atoms with Gasteiger partial charge in [-0.2, -0.15) is 0 Å². The quantitative estimate of drug-likeness (QED) is 0.853. The van der Waals surface area contributed by atoms with Crippen molar-refractivity contribution in [2.75, 3.05) is 5.73 Å². The van der Waals surface area contributed by atoms with E-state index in [-0.39, 0.29) is 22.6 Å². The molecule has 0 bridgehead atoms. The SMILES string of the molecule is Cc1ccc(F)c(-c2ccc(N)c(C(=O)O)n2)c1. The molecule has 5 heteroatoms. The van der Waals surface area contributed by atoms with Gasteiger partial charge in [0.05, 0.1) is 11.4 Å². The summed E-state index contributed by atoms with van der Waals surface area (Å²) in [5.41, 5.74) is 6.66. The number of benzene rings is 1. The van der Waals surface area contributed by atoms with Gasteiger partial charge in [0.2, 0.25) is 0 Å². The van der Waals surface area contributed by atoms with Gasteiger partial charge in [-0.15, -0.1) is 0 Å². The van der Waals surface area contributed by atoms with Gasteiger partial charge in [-0.25, -0.2) is 14.2 Å². The Hall–Kier alpha value is -2.43. The van der Waals surface area contributed by atoms with Gasteiger partial charge in [-0.1, -0.05) is 11.6 Å². The van der Waals surface area contributed by atoms with Crippen molar-refractivity contribution in [3.05, 3.63) is 47.4 Å². The zero-order chi connectivity index (χ0) is 13.3. The third-order valence-corrected chi connectivity index (χ3v) is 2.53. The number of nitrogens with two attached hydrogens (primary N) is 1. The van der Waals surface area contributed by atoms with Crippen molar-refractivity contribution in [2.24, 2.45) is 0 Å². The summed E-state index contributed by atoms with van der Waals surface area (Å²) in [5, 5.41) is 8.92. The Morgan fingerprint density at radius 2 is 2.06 bits per heavy atom. The van der Waals surface area contributed by atoms with Gasteiger partial charge >= 0.3 is 5.97 Å². The number of aromatic carboxylic acids is 1. The molecule has 0 saturated heterocycles. The molecule has 92 valence electrons. The van der Waals surface area contributed by atoms with Crippen molar-refractivity contribution in [1.29, 1.82) is 0 Å². The van der Waals surface area contributed by atoms with Crippen LogP contribution in [0, 0.1) is 12.7 Å². The molecule has 0 unspecified atom stereocenters. The normalized spacial score (nSPS) is 10.3. The van der Waals surface area contributed by atoms with E-state index in [1.54, 1.807) is 12.1 Å². The monoisotopic (exact) mass is 246 g/mol. The van der Waals surface area contributed by atoms with Gasteiger partial charge in [-0.05, 0) is 31.2 Å². The average molecular weight is 246 g/mol. The van der Waals surface area contributed by atoms with E-state index in [4.69, 9.17) is 10.8 Å². The fourth-order valence-electron chi connectivity index (χ4n) is 1.63. The number of aromatic nitrogens is 1. The summed E-state index contributed by atoms with van der Waals surface area (Å²) in [5.74, 6) is -1.68. The fourth-order valence-corrected chi connectivity index (χ4v) is 1.63. The molecule has 0 aliphatic heterocycles. The van der Waals surface area contributed by atoms with Crippen LogP contribution in [0.25, 0.3) is 11.3 Å². The van der Waals surface area contributed by atoms with Crippen molar-refractivity contribution in [1.82, 2.24) is 4.98 Å². The van der Waals surface area contributed by atoms with Gasteiger partial charge in [0.15, 0.2) is 5.69 Å². The summed E-state index contributed by atoms with van der Waals surface area (Å²) in [6.07, 6.45) is 0. The molecular formula is C13H11FN2O2. The van der Waals surface area contributed by atoms with Crippen LogP contribution in [0.4, 0.5) is 10.1 Å². The lowest BCUT2D eigenvalue weighted by Crippen LogP contribution is -2.06. The number of pyridine rings is 1. The van der Waals surface area contributed by atoms with Crippen LogP contribution >= 0.6 is 0 Å². The number of nitrogens with zero attached hydrogens (tertiary/aromatic N) is 1. The van der Waals surface area contributed by atoms with Crippen molar-refractivity contribution in [2.45, 2.75) is 6.92 Å². The first-order valence-corrected chi connectivity index (χ1v) is 5.25. The van der Waals surface area contributed by atoms with Crippen LogP contribution in [0.3, 0.4) is 0 Å². The summed E-state index contributed by atoms with van der Waals surface area (Å²) in [7, 11) is 0. The molecule has 0 saturated carbocycles. The number of carboxylic acids is 1. The van der Waals surface area contributed by atoms with Crippen LogP contribution in [0.2, 0.25) is 0 Å². The highest BCUT2D eigenvalue weighted by Crippen LogP contribution is 2.24. The Balaban J connectivity index is 2.61. The minimum atomic E-state index is -1.23. The molecule has 18 heavy (non-hydrogen) atoms. The van der Waals surface area contributed by atoms with Crippen molar-refractivity contribution >= 4 is 11.7 Å². The Morgan fingerprint density at radius 3 is 2.72 bits per heavy atom. The number of anilines is 1. The Labute approximate surface area is 103 Å². The lowest BCUT2D eigenvalue weighted by atomic mass is 10.1. The number of aryl methyl sites for hydroxylation is 1. The van der Waals surface area contributed by atoms with Gasteiger partial charge < -0.3 is 10.8 Å². The molecule has 1 aromatic heterocycles. The molecule has 0 radical (unpaired) electrons. The zero-order valence-corrected chi connectivity index (χ0v) is 9.64. The van der Waals surface area contributed by atoms with Crippen LogP contribution in [-0.4, -0.2) is 16.1 Å². The maximum absolute atomic E-state index is 13.7. The molecule has 2 aromatic rings. The Kier molecular flexibility index (Phi) is 2.97. The van der Waals surface area contributed by atoms with Gasteiger partial charge in [0.25, 0.3) is 0 Å². The Bertz CT molecular complexity index is 626. The molecule has 1 aromatic carbocycles. The molecule has 0 aliphatic carbocycles. The summed E-state index contributed by atoms with van der Waals surface area (Å²) in [6.45, 7) is 1.82. The zero-order valence-electron chi connectivity index (χ0n) is 9.64. The van der Waals surface area contributed by atoms with Crippen LogP contribution in [-0.2, 0) is 0 Å². The molecule has 0 aliphatic rings. The molecule has 0 atom stereocenters. The van der Waals surface area contributed by atoms with E-state index in [0.29, 0.717) is 0 Å². The molecule has 3 N–H and O–H groups in total. The highest BCUT2D eigenvalue weighted by molar-refractivity contribution is 5.92. The number of nitrogen functional groups attached to an aromatic ring is 1. The number of carbonyl (C=O) groups is 1. The minimum absolute atomic E-state index is 0.0549. The van der Waals surface area contributed by atoms with Gasteiger partial charge in [-0.3, -0.25) is 0 Å². The lowest BCUT2D eigenvalue weighted by Gasteiger charge is -2.06. The first-order chi connectivity index (χ1) is 8.49. The predicted octanol–water partition coefficient (Wildman–Crippen LogP) is 2.48. The first-order valence-electron chi connectivity index (χ1n) is 5.25. The summed E-state index contributed by atoms with van der Waals surface area (Å²) in [4.78, 5) is 14.8. The smallest absolute Gasteiger partial charge is 0.356 e. The molecular weight excluding hydrogens is 235 g/mol. The molecule has 0 fully saturated rings. The third-order valence-electron chi connectivity index (χ3n) is 2.53. The van der Waals surface area contributed by atoms with Crippen LogP contribution in [0.5, 0.6) is 0 Å². The largest absolute Gasteiger partial charge is 0.476 e. The third kappa shape index (κ3) is 2.15. The van der Waals surface area contributed by atoms with E-state index in [1.807, 2.05) is 6.92 Å². The second-order valence-corrected chi connectivity index (χ2v) is 3.92. The highest BCUT2D eigenvalue weighted by atomic mass is 19.1. The second-order valence-electron chi connectivity index (χ2n) is 3.92. The van der Waals surface area contributed by atoms with Crippen LogP contribution in [0.1, 0.15) is 16.1 Å². The average Bonchev–Trinajstić information content (AvgIpc) is 2.33. The second kappa shape index (κ2) is 4.44. The van der Waals surface area contributed by atoms with Gasteiger partial charge in [0, 0.05) is 5.56 Å². The number of carboxylic acid groups (broad SMARTS) is 1. The number of hydrogen-bond donors (Lipinski definition) is 2. The number of halogens is 1. The predicted molar refractivity (Wildman–Crippen MR) is 65.7 cm³/mol. The van der Waals surface area contributed by atoms with Crippen molar-refractivity contribution in [3.8, 4) is 11.3 Å². The number of hydrogen-bond acceptors (Lipinski definition) is 3. The molecule has 0 spiro atoms. The first kappa shape index (κ1) is 12.0. The van der Waals surface area contributed by atoms with Crippen LogP contribution < -0.4 is 5.73 Å². The summed E-state index contributed by atoms with van der Waals surface area (Å²) < 4.78 is 13.7. The standard InChI is InChI=1S/C13H11FN2O2/c1-7-2-3-9(14)8(6-7)11-5-4-10(15)12(16-11)13(17)18/h2-6H,15H2,1H3,(H,17,18). The topological polar surface area (TPSA) is 76.2 Å². The van der Waals surface area contributed by atoms with Crippen molar-refractivity contribution in [3.63, 3.8) is 0 Å². The maximum Gasteiger partial charge on any atom is 0.356 e. The lowest BCUT2D eigenvalue weighted by molar-refractivity contribution is 0.0692. The van der Waals surface area contributed by atoms with E-state index < -0.39 is 11.8 Å². The van der Waals surface area contributed by atoms with E-state index >= 15 is 0 Å². The van der Waals surface area contributed by atoms with E-state index in [0.717, 1.165) is 5.56 Å².